The third-order valence-electron chi connectivity index (χ3n) is 0.643. The minimum atomic E-state index is -3.99. The molecule has 0 spiro atoms. The first kappa shape index (κ1) is 9.54. The zero-order valence-corrected chi connectivity index (χ0v) is 7.91. The molecule has 0 bridgehead atoms. The predicted molar refractivity (Wildman–Crippen MR) is 40.8 cm³/mol. The van der Waals surface area contributed by atoms with Gasteiger partial charge in [0.25, 0.3) is 0 Å². The minimum absolute atomic E-state index is 1.38. The van der Waals surface area contributed by atoms with Gasteiger partial charge in [0.05, 0.1) is 0 Å². The van der Waals surface area contributed by atoms with Gasteiger partial charge in [-0.15, -0.1) is 0 Å². The number of alkyl halides is 4. The molecule has 0 heterocycles. The van der Waals surface area contributed by atoms with Crippen molar-refractivity contribution in [3.05, 3.63) is 0 Å². The van der Waals surface area contributed by atoms with Gasteiger partial charge < -0.3 is 0 Å². The van der Waals surface area contributed by atoms with E-state index in [0.29, 0.717) is 0 Å². The zero-order chi connectivity index (χ0) is 7.65. The van der Waals surface area contributed by atoms with Gasteiger partial charge in [0, 0.05) is 0 Å². The van der Waals surface area contributed by atoms with Crippen LogP contribution >= 0.6 is 18.4 Å². The fourth-order valence-corrected chi connectivity index (χ4v) is 2.71. The van der Waals surface area contributed by atoms with Crippen LogP contribution < -0.4 is 0 Å². The molecule has 0 atom stereocenters. The summed E-state index contributed by atoms with van der Waals surface area (Å²) in [4.78, 5) is 2.76. The molecule has 0 aromatic rings. The summed E-state index contributed by atoms with van der Waals surface area (Å²) >= 11 is -2.37. The van der Waals surface area contributed by atoms with Gasteiger partial charge >= 0.3 is 58.3 Å². The molecule has 0 aliphatic carbocycles. The third-order valence-corrected chi connectivity index (χ3v) is 10.4. The SMILES string of the molecule is CI(C)S(=O)(=O)C(F)F. The van der Waals surface area contributed by atoms with E-state index >= 15 is 0 Å². The van der Waals surface area contributed by atoms with Crippen molar-refractivity contribution < 1.29 is 17.2 Å². The molecule has 0 saturated heterocycles. The molecular formula is C3H7F2IO2S. The first-order chi connectivity index (χ1) is 3.89. The molecule has 0 saturated carbocycles. The standard InChI is InChI=1S/C3H7F2IO2S/c1-6(2)9(7,8)3(4)5/h3H,1-2H3. The van der Waals surface area contributed by atoms with Crippen molar-refractivity contribution in [3.8, 4) is 0 Å². The van der Waals surface area contributed by atoms with E-state index < -0.39 is 31.2 Å². The van der Waals surface area contributed by atoms with Gasteiger partial charge in [-0.05, 0) is 0 Å². The van der Waals surface area contributed by atoms with Crippen LogP contribution in [0, 0.1) is 0 Å². The van der Waals surface area contributed by atoms with Gasteiger partial charge in [0.1, 0.15) is 0 Å². The Morgan fingerprint density at radius 3 is 1.67 bits per heavy atom. The van der Waals surface area contributed by atoms with Crippen LogP contribution in [-0.4, -0.2) is 24.0 Å². The van der Waals surface area contributed by atoms with Crippen molar-refractivity contribution in [3.63, 3.8) is 0 Å². The summed E-state index contributed by atoms with van der Waals surface area (Å²) in [6, 6.07) is 0. The molecule has 0 unspecified atom stereocenters. The quantitative estimate of drug-likeness (QED) is 0.431. The summed E-state index contributed by atoms with van der Waals surface area (Å²) in [5, 5.41) is 0. The van der Waals surface area contributed by atoms with Crippen LogP contribution in [0.1, 0.15) is 0 Å². The maximum absolute atomic E-state index is 11.5. The van der Waals surface area contributed by atoms with Crippen molar-refractivity contribution in [2.24, 2.45) is 0 Å². The second kappa shape index (κ2) is 3.09. The average Bonchev–Trinajstić information content (AvgIpc) is 1.65. The molecule has 0 rings (SSSR count). The molecule has 0 fully saturated rings. The molecule has 2 nitrogen and oxygen atoms in total. The van der Waals surface area contributed by atoms with Gasteiger partial charge in [0.2, 0.25) is 0 Å². The first-order valence-electron chi connectivity index (χ1n) is 1.92. The molecule has 6 heteroatoms. The van der Waals surface area contributed by atoms with E-state index in [4.69, 9.17) is 0 Å². The molecular weight excluding hydrogens is 265 g/mol. The van der Waals surface area contributed by atoms with Crippen molar-refractivity contribution >= 4 is 25.4 Å². The summed E-state index contributed by atoms with van der Waals surface area (Å²) in [5.74, 6) is -3.17. The molecule has 58 valence electrons. The molecule has 0 N–H and O–H groups in total. The van der Waals surface area contributed by atoms with Crippen LogP contribution in [-0.2, 0) is 7.01 Å². The molecule has 0 aliphatic rings. The Morgan fingerprint density at radius 2 is 1.67 bits per heavy atom. The monoisotopic (exact) mass is 272 g/mol. The summed E-state index contributed by atoms with van der Waals surface area (Å²) < 4.78 is 43.7. The Labute approximate surface area is 58.4 Å². The molecule has 0 aromatic carbocycles. The molecule has 9 heavy (non-hydrogen) atoms. The van der Waals surface area contributed by atoms with E-state index in [1.807, 2.05) is 0 Å². The van der Waals surface area contributed by atoms with Crippen molar-refractivity contribution in [1.29, 1.82) is 0 Å². The van der Waals surface area contributed by atoms with E-state index in [0.717, 1.165) is 0 Å². The van der Waals surface area contributed by atoms with Crippen LogP contribution in [0.3, 0.4) is 0 Å². The third kappa shape index (κ3) is 2.32. The van der Waals surface area contributed by atoms with Gasteiger partial charge in [-0.3, -0.25) is 0 Å². The van der Waals surface area contributed by atoms with Crippen LogP contribution in [0.25, 0.3) is 0 Å². The molecule has 0 amide bonds. The maximum atomic E-state index is 11.5. The molecule has 0 aromatic heterocycles. The van der Waals surface area contributed by atoms with Crippen LogP contribution in [0.5, 0.6) is 0 Å². The van der Waals surface area contributed by atoms with Crippen molar-refractivity contribution in [1.82, 2.24) is 0 Å². The number of hydrogen-bond donors (Lipinski definition) is 0. The predicted octanol–water partition coefficient (Wildman–Crippen LogP) is 1.30. The second-order valence-corrected chi connectivity index (χ2v) is 14.5. The Bertz CT molecular complexity index is 160. The fraction of sp³-hybridized carbons (Fsp3) is 1.00. The Morgan fingerprint density at radius 1 is 1.33 bits per heavy atom. The first-order valence-corrected chi connectivity index (χ1v) is 10.3. The second-order valence-electron chi connectivity index (χ2n) is 1.42. The Hall–Kier alpha value is 0.540. The van der Waals surface area contributed by atoms with Crippen LogP contribution in [0.4, 0.5) is 8.78 Å². The van der Waals surface area contributed by atoms with Crippen molar-refractivity contribution in [2.45, 2.75) is 5.76 Å². The van der Waals surface area contributed by atoms with Crippen molar-refractivity contribution in [2.75, 3.05) is 9.86 Å². The summed E-state index contributed by atoms with van der Waals surface area (Å²) in [7, 11) is -3.99. The number of hydrogen-bond acceptors (Lipinski definition) is 2. The topological polar surface area (TPSA) is 34.1 Å². The summed E-state index contributed by atoms with van der Waals surface area (Å²) in [5.41, 5.74) is 0. The van der Waals surface area contributed by atoms with Gasteiger partial charge in [-0.2, -0.15) is 0 Å². The number of rotatable bonds is 2. The molecule has 0 radical (unpaired) electrons. The summed E-state index contributed by atoms with van der Waals surface area (Å²) in [6.07, 6.45) is 0. The van der Waals surface area contributed by atoms with Crippen LogP contribution in [0.2, 0.25) is 0 Å². The Balaban J connectivity index is 4.42. The van der Waals surface area contributed by atoms with Gasteiger partial charge in [-0.1, -0.05) is 0 Å². The van der Waals surface area contributed by atoms with Gasteiger partial charge in [-0.25, -0.2) is 0 Å². The van der Waals surface area contributed by atoms with Gasteiger partial charge in [0.15, 0.2) is 0 Å². The van der Waals surface area contributed by atoms with E-state index in [1.54, 1.807) is 0 Å². The summed E-state index contributed by atoms with van der Waals surface area (Å²) in [6.45, 7) is 0. The number of halogens is 3. The van der Waals surface area contributed by atoms with E-state index in [1.165, 1.54) is 9.86 Å². The average molecular weight is 272 g/mol. The fourth-order valence-electron chi connectivity index (χ4n) is 0.135. The van der Waals surface area contributed by atoms with E-state index in [-0.39, 0.29) is 0 Å². The van der Waals surface area contributed by atoms with E-state index in [2.05, 4.69) is 0 Å². The zero-order valence-electron chi connectivity index (χ0n) is 4.94. The normalized spacial score (nSPS) is 14.1. The molecule has 0 aliphatic heterocycles. The van der Waals surface area contributed by atoms with E-state index in [9.17, 15) is 17.2 Å². The Kier molecular flexibility index (Phi) is 3.27. The van der Waals surface area contributed by atoms with Crippen LogP contribution in [0.15, 0.2) is 0 Å².